The minimum atomic E-state index is -3.62. The monoisotopic (exact) mass is 261 g/mol. The zero-order chi connectivity index (χ0) is 13.1. The van der Waals surface area contributed by atoms with Gasteiger partial charge in [-0.25, -0.2) is 17.5 Å². The van der Waals surface area contributed by atoms with Crippen molar-refractivity contribution >= 4 is 10.0 Å². The molecule has 1 aromatic rings. The minimum Gasteiger partial charge on any atom is -0.393 e. The molecule has 17 heavy (non-hydrogen) atoms. The first-order valence-electron chi connectivity index (χ1n) is 5.27. The lowest BCUT2D eigenvalue weighted by Gasteiger charge is -2.08. The van der Waals surface area contributed by atoms with Gasteiger partial charge in [0, 0.05) is 6.54 Å². The lowest BCUT2D eigenvalue weighted by atomic mass is 10.2. The van der Waals surface area contributed by atoms with Crippen LogP contribution >= 0.6 is 0 Å². The van der Waals surface area contributed by atoms with E-state index in [1.807, 2.05) is 0 Å². The lowest BCUT2D eigenvalue weighted by Crippen LogP contribution is -2.26. The van der Waals surface area contributed by atoms with E-state index in [1.165, 1.54) is 19.1 Å². The van der Waals surface area contributed by atoms with Crippen LogP contribution in [0.2, 0.25) is 0 Å². The van der Waals surface area contributed by atoms with Gasteiger partial charge in [-0.2, -0.15) is 0 Å². The van der Waals surface area contributed by atoms with Crippen LogP contribution in [0, 0.1) is 12.7 Å². The van der Waals surface area contributed by atoms with Crippen molar-refractivity contribution in [3.05, 3.63) is 29.6 Å². The predicted octanol–water partition coefficient (Wildman–Crippen LogP) is 1.18. The van der Waals surface area contributed by atoms with Gasteiger partial charge in [-0.15, -0.1) is 0 Å². The van der Waals surface area contributed by atoms with Crippen LogP contribution in [0.15, 0.2) is 23.1 Å². The fourth-order valence-electron chi connectivity index (χ4n) is 1.27. The normalized spacial score (nSPS) is 13.6. The number of halogens is 1. The van der Waals surface area contributed by atoms with Crippen molar-refractivity contribution < 1.29 is 17.9 Å². The molecule has 1 atom stereocenters. The summed E-state index contributed by atoms with van der Waals surface area (Å²) in [4.78, 5) is 0.0296. The quantitative estimate of drug-likeness (QED) is 0.836. The largest absolute Gasteiger partial charge is 0.393 e. The van der Waals surface area contributed by atoms with Crippen molar-refractivity contribution in [3.8, 4) is 0 Å². The molecule has 0 aromatic heterocycles. The third-order valence-electron chi connectivity index (χ3n) is 2.29. The fourth-order valence-corrected chi connectivity index (χ4v) is 2.40. The van der Waals surface area contributed by atoms with Crippen molar-refractivity contribution in [2.75, 3.05) is 6.54 Å². The van der Waals surface area contributed by atoms with Crippen LogP contribution in [0.5, 0.6) is 0 Å². The molecule has 0 spiro atoms. The third kappa shape index (κ3) is 4.07. The van der Waals surface area contributed by atoms with Crippen LogP contribution in [0.3, 0.4) is 0 Å². The third-order valence-corrected chi connectivity index (χ3v) is 3.75. The van der Waals surface area contributed by atoms with Crippen molar-refractivity contribution in [1.29, 1.82) is 0 Å². The van der Waals surface area contributed by atoms with Crippen LogP contribution in [-0.2, 0) is 10.0 Å². The topological polar surface area (TPSA) is 66.4 Å². The molecule has 0 radical (unpaired) electrons. The zero-order valence-corrected chi connectivity index (χ0v) is 10.6. The Morgan fingerprint density at radius 1 is 1.47 bits per heavy atom. The Balaban J connectivity index is 2.79. The Morgan fingerprint density at radius 3 is 2.65 bits per heavy atom. The van der Waals surface area contributed by atoms with Gasteiger partial charge in [0.25, 0.3) is 0 Å². The van der Waals surface area contributed by atoms with Crippen molar-refractivity contribution in [2.24, 2.45) is 0 Å². The zero-order valence-electron chi connectivity index (χ0n) is 9.77. The van der Waals surface area contributed by atoms with Gasteiger partial charge < -0.3 is 5.11 Å². The molecule has 6 heteroatoms. The average molecular weight is 261 g/mol. The van der Waals surface area contributed by atoms with E-state index in [0.717, 1.165) is 6.07 Å². The molecule has 1 aromatic carbocycles. The highest BCUT2D eigenvalue weighted by Crippen LogP contribution is 2.13. The Bertz CT molecular complexity index is 485. The lowest BCUT2D eigenvalue weighted by molar-refractivity contribution is 0.186. The van der Waals surface area contributed by atoms with Crippen molar-refractivity contribution in [3.63, 3.8) is 0 Å². The van der Waals surface area contributed by atoms with E-state index in [2.05, 4.69) is 4.72 Å². The Morgan fingerprint density at radius 2 is 2.12 bits per heavy atom. The van der Waals surface area contributed by atoms with Crippen LogP contribution in [0.25, 0.3) is 0 Å². The molecule has 96 valence electrons. The predicted molar refractivity (Wildman–Crippen MR) is 62.6 cm³/mol. The number of aliphatic hydroxyl groups excluding tert-OH is 1. The molecule has 0 saturated heterocycles. The summed E-state index contributed by atoms with van der Waals surface area (Å²) >= 11 is 0. The van der Waals surface area contributed by atoms with Crippen molar-refractivity contribution in [2.45, 2.75) is 31.3 Å². The number of rotatable bonds is 5. The van der Waals surface area contributed by atoms with Crippen LogP contribution < -0.4 is 4.72 Å². The van der Waals surface area contributed by atoms with Gasteiger partial charge in [0.1, 0.15) is 5.82 Å². The highest BCUT2D eigenvalue weighted by Gasteiger charge is 2.14. The number of sulfonamides is 1. The van der Waals surface area contributed by atoms with Crippen LogP contribution in [0.1, 0.15) is 18.9 Å². The first kappa shape index (κ1) is 14.1. The van der Waals surface area contributed by atoms with E-state index < -0.39 is 21.9 Å². The maximum Gasteiger partial charge on any atom is 0.240 e. The standard InChI is InChI=1S/C11H16FNO3S/c1-8-7-10(3-4-11(8)12)17(15,16)13-6-5-9(2)14/h3-4,7,9,13-14H,5-6H2,1-2H3. The number of aliphatic hydroxyl groups is 1. The summed E-state index contributed by atoms with van der Waals surface area (Å²) in [5.41, 5.74) is 0.281. The first-order valence-corrected chi connectivity index (χ1v) is 6.75. The molecular formula is C11H16FNO3S. The van der Waals surface area contributed by atoms with Gasteiger partial charge in [-0.05, 0) is 44.0 Å². The summed E-state index contributed by atoms with van der Waals surface area (Å²) in [6.45, 7) is 3.23. The second kappa shape index (κ2) is 5.57. The van der Waals surface area contributed by atoms with E-state index in [-0.39, 0.29) is 17.0 Å². The maximum atomic E-state index is 13.0. The van der Waals surface area contributed by atoms with Gasteiger partial charge >= 0.3 is 0 Å². The van der Waals surface area contributed by atoms with Crippen LogP contribution in [0.4, 0.5) is 4.39 Å². The Hall–Kier alpha value is -0.980. The molecule has 0 heterocycles. The molecule has 0 saturated carbocycles. The minimum absolute atomic E-state index is 0.0296. The number of hydrogen-bond donors (Lipinski definition) is 2. The summed E-state index contributed by atoms with van der Waals surface area (Å²) in [6.07, 6.45) is -0.230. The van der Waals surface area contributed by atoms with E-state index in [0.29, 0.717) is 6.42 Å². The molecule has 0 aliphatic rings. The van der Waals surface area contributed by atoms with Gasteiger partial charge in [-0.3, -0.25) is 0 Å². The number of nitrogens with one attached hydrogen (secondary N) is 1. The smallest absolute Gasteiger partial charge is 0.240 e. The number of benzene rings is 1. The van der Waals surface area contributed by atoms with Gasteiger partial charge in [-0.1, -0.05) is 0 Å². The Kier molecular flexibility index (Phi) is 4.62. The van der Waals surface area contributed by atoms with Gasteiger partial charge in [0.2, 0.25) is 10.0 Å². The number of aryl methyl sites for hydroxylation is 1. The molecule has 0 bridgehead atoms. The molecular weight excluding hydrogens is 245 g/mol. The molecule has 0 fully saturated rings. The summed E-state index contributed by atoms with van der Waals surface area (Å²) in [5, 5.41) is 9.02. The van der Waals surface area contributed by atoms with Gasteiger partial charge in [0.15, 0.2) is 0 Å². The molecule has 4 nitrogen and oxygen atoms in total. The Labute approximate surface area is 101 Å². The molecule has 2 N–H and O–H groups in total. The van der Waals surface area contributed by atoms with E-state index >= 15 is 0 Å². The number of hydrogen-bond acceptors (Lipinski definition) is 3. The van der Waals surface area contributed by atoms with Gasteiger partial charge in [0.05, 0.1) is 11.0 Å². The summed E-state index contributed by atoms with van der Waals surface area (Å²) in [6, 6.07) is 3.62. The van der Waals surface area contributed by atoms with Crippen LogP contribution in [-0.4, -0.2) is 26.2 Å². The molecule has 1 unspecified atom stereocenters. The average Bonchev–Trinajstić information content (AvgIpc) is 2.21. The molecule has 1 rings (SSSR count). The molecule has 0 amide bonds. The fraction of sp³-hybridized carbons (Fsp3) is 0.455. The van der Waals surface area contributed by atoms with E-state index in [4.69, 9.17) is 5.11 Å². The molecule has 0 aliphatic heterocycles. The second-order valence-corrected chi connectivity index (χ2v) is 5.71. The SMILES string of the molecule is Cc1cc(S(=O)(=O)NCCC(C)O)ccc1F. The summed E-state index contributed by atoms with van der Waals surface area (Å²) in [7, 11) is -3.62. The highest BCUT2D eigenvalue weighted by molar-refractivity contribution is 7.89. The summed E-state index contributed by atoms with van der Waals surface area (Å²) < 4.78 is 38.9. The first-order chi connectivity index (χ1) is 7.83. The summed E-state index contributed by atoms with van der Waals surface area (Å²) in [5.74, 6) is -0.437. The highest BCUT2D eigenvalue weighted by atomic mass is 32.2. The van der Waals surface area contributed by atoms with Crippen molar-refractivity contribution in [1.82, 2.24) is 4.72 Å². The second-order valence-electron chi connectivity index (χ2n) is 3.95. The van der Waals surface area contributed by atoms with E-state index in [1.54, 1.807) is 6.92 Å². The molecule has 0 aliphatic carbocycles. The van der Waals surface area contributed by atoms with E-state index in [9.17, 15) is 12.8 Å². The maximum absolute atomic E-state index is 13.0.